The predicted molar refractivity (Wildman–Crippen MR) is 201 cm³/mol. The molecular formula is C39H40F3N7O6S. The van der Waals surface area contributed by atoms with E-state index in [2.05, 4.69) is 20.2 Å². The fraction of sp³-hybridized carbons (Fsp3) is 0.487. The number of hydrogen-bond acceptors (Lipinski definition) is 11. The van der Waals surface area contributed by atoms with Gasteiger partial charge in [0, 0.05) is 48.7 Å². The normalized spacial score (nSPS) is 24.4. The number of alkyl halides is 3. The molecule has 5 fully saturated rings. The molecule has 5 aliphatic rings. The van der Waals surface area contributed by atoms with Gasteiger partial charge in [-0.05, 0) is 68.6 Å². The fourth-order valence-corrected chi connectivity index (χ4v) is 10.5. The highest BCUT2D eigenvalue weighted by molar-refractivity contribution is 7.21. The minimum Gasteiger partial charge on any atom is -0.496 e. The average molecular weight is 792 g/mol. The van der Waals surface area contributed by atoms with Crippen LogP contribution in [0.15, 0.2) is 46.1 Å². The van der Waals surface area contributed by atoms with Gasteiger partial charge in [-0.2, -0.15) is 13.2 Å². The number of oxazole rings is 1. The van der Waals surface area contributed by atoms with Gasteiger partial charge in [-0.1, -0.05) is 18.3 Å². The SMILES string of the molecule is CCc1c(N2CCN(C(=O)c3c(OC)ccc4ncoc34)C3CCC32)c(=O)c2nc(-c3ccnc(OC)c3)sc2n1CC(=O)NC1CC(C(F)(F)F)C2CC1C2. The molecule has 17 heteroatoms. The van der Waals surface area contributed by atoms with Crippen molar-refractivity contribution in [3.63, 3.8) is 0 Å². The number of fused-ring (bicyclic) bond motifs is 5. The molecule has 0 spiro atoms. The van der Waals surface area contributed by atoms with Crippen molar-refractivity contribution < 1.29 is 36.7 Å². The highest BCUT2D eigenvalue weighted by Gasteiger charge is 2.56. The summed E-state index contributed by atoms with van der Waals surface area (Å²) in [5.74, 6) is -1.71. The number of methoxy groups -OCH3 is 2. The van der Waals surface area contributed by atoms with Gasteiger partial charge in [-0.3, -0.25) is 14.4 Å². The molecule has 1 aliphatic heterocycles. The Balaban J connectivity index is 1.08. The van der Waals surface area contributed by atoms with Crippen LogP contribution in [0.25, 0.3) is 32.0 Å². The van der Waals surface area contributed by atoms with Crippen LogP contribution in [-0.4, -0.2) is 87.8 Å². The number of carbonyl (C=O) groups excluding carboxylic acids is 2. The molecule has 1 saturated heterocycles. The van der Waals surface area contributed by atoms with E-state index in [4.69, 9.17) is 18.9 Å². The summed E-state index contributed by atoms with van der Waals surface area (Å²) in [6.07, 6.45) is 1.17. The molecule has 0 radical (unpaired) electrons. The molecule has 4 atom stereocenters. The Bertz CT molecular complexity index is 2420. The second-order valence-electron chi connectivity index (χ2n) is 15.1. The fourth-order valence-electron chi connectivity index (χ4n) is 9.43. The molecule has 4 aliphatic carbocycles. The highest BCUT2D eigenvalue weighted by atomic mass is 32.1. The second kappa shape index (κ2) is 13.8. The highest BCUT2D eigenvalue weighted by Crippen LogP contribution is 2.54. The lowest BCUT2D eigenvalue weighted by atomic mass is 9.57. The maximum atomic E-state index is 14.8. The molecule has 13 nitrogen and oxygen atoms in total. The number of amides is 2. The van der Waals surface area contributed by atoms with Crippen LogP contribution in [0.5, 0.6) is 11.6 Å². The quantitative estimate of drug-likeness (QED) is 0.194. The maximum Gasteiger partial charge on any atom is 0.392 e. The molecule has 56 heavy (non-hydrogen) atoms. The number of benzene rings is 1. The molecule has 1 N–H and O–H groups in total. The van der Waals surface area contributed by atoms with Gasteiger partial charge in [-0.25, -0.2) is 15.0 Å². The van der Waals surface area contributed by atoms with Gasteiger partial charge in [-0.15, -0.1) is 0 Å². The lowest BCUT2D eigenvalue weighted by molar-refractivity contribution is -0.220. The first kappa shape index (κ1) is 36.4. The van der Waals surface area contributed by atoms with Gasteiger partial charge >= 0.3 is 6.18 Å². The minimum absolute atomic E-state index is 0.0139. The summed E-state index contributed by atoms with van der Waals surface area (Å²) in [6, 6.07) is 5.92. The molecule has 1 aromatic carbocycles. The summed E-state index contributed by atoms with van der Waals surface area (Å²) in [7, 11) is 3.00. The number of piperazine rings is 1. The van der Waals surface area contributed by atoms with Gasteiger partial charge < -0.3 is 33.6 Å². The predicted octanol–water partition coefficient (Wildman–Crippen LogP) is 5.83. The van der Waals surface area contributed by atoms with Crippen molar-refractivity contribution in [3.05, 3.63) is 58.3 Å². The number of carbonyl (C=O) groups is 2. The zero-order valence-electron chi connectivity index (χ0n) is 31.0. The van der Waals surface area contributed by atoms with Gasteiger partial charge in [0.1, 0.15) is 44.4 Å². The van der Waals surface area contributed by atoms with Crippen LogP contribution in [0, 0.1) is 17.8 Å². The number of anilines is 1. The third-order valence-corrected chi connectivity index (χ3v) is 13.5. The van der Waals surface area contributed by atoms with E-state index in [0.717, 1.165) is 12.8 Å². The van der Waals surface area contributed by atoms with Crippen molar-refractivity contribution in [1.29, 1.82) is 0 Å². The number of hydrogen-bond donors (Lipinski definition) is 1. The van der Waals surface area contributed by atoms with E-state index in [0.29, 0.717) is 87.4 Å². The number of rotatable bonds is 9. The minimum atomic E-state index is -4.31. The monoisotopic (exact) mass is 791 g/mol. The first-order chi connectivity index (χ1) is 27.0. The van der Waals surface area contributed by atoms with E-state index in [1.165, 1.54) is 32.0 Å². The third-order valence-electron chi connectivity index (χ3n) is 12.4. The zero-order valence-corrected chi connectivity index (χ0v) is 31.8. The summed E-state index contributed by atoms with van der Waals surface area (Å²) in [5, 5.41) is 3.49. The van der Waals surface area contributed by atoms with Crippen molar-refractivity contribution in [2.45, 2.75) is 76.3 Å². The Morgan fingerprint density at radius 1 is 1.04 bits per heavy atom. The van der Waals surface area contributed by atoms with Crippen molar-refractivity contribution in [1.82, 2.24) is 29.7 Å². The van der Waals surface area contributed by atoms with Crippen LogP contribution >= 0.6 is 11.3 Å². The Morgan fingerprint density at radius 3 is 2.55 bits per heavy atom. The summed E-state index contributed by atoms with van der Waals surface area (Å²) < 4.78 is 60.0. The van der Waals surface area contributed by atoms with E-state index >= 15 is 0 Å². The van der Waals surface area contributed by atoms with Gasteiger partial charge in [0.25, 0.3) is 5.91 Å². The number of nitrogens with zero attached hydrogens (tertiary/aromatic N) is 6. The second-order valence-corrected chi connectivity index (χ2v) is 16.1. The largest absolute Gasteiger partial charge is 0.496 e. The van der Waals surface area contributed by atoms with E-state index in [-0.39, 0.29) is 53.7 Å². The number of ether oxygens (including phenoxy) is 2. The molecule has 4 saturated carbocycles. The van der Waals surface area contributed by atoms with Crippen LogP contribution in [0.1, 0.15) is 55.1 Å². The Hall–Kier alpha value is -5.19. The van der Waals surface area contributed by atoms with Crippen molar-refractivity contribution >= 4 is 50.3 Å². The van der Waals surface area contributed by atoms with E-state index in [1.54, 1.807) is 30.5 Å². The van der Waals surface area contributed by atoms with E-state index in [9.17, 15) is 27.6 Å². The van der Waals surface area contributed by atoms with Crippen LogP contribution in [0.3, 0.4) is 0 Å². The maximum absolute atomic E-state index is 14.8. The summed E-state index contributed by atoms with van der Waals surface area (Å²) in [5.41, 5.74) is 2.81. The molecule has 5 heterocycles. The molecule has 294 valence electrons. The van der Waals surface area contributed by atoms with Crippen LogP contribution in [0.2, 0.25) is 0 Å². The molecule has 5 aromatic rings. The van der Waals surface area contributed by atoms with Crippen molar-refractivity contribution in [2.24, 2.45) is 17.8 Å². The van der Waals surface area contributed by atoms with Crippen LogP contribution in [-0.2, 0) is 17.8 Å². The standard InChI is InChI=1S/C39H40F3N7O6S/c1-4-25-33(47-11-12-48(27-7-6-26(27)47)37(52)31-28(53-2)8-5-23-35(31)55-18-44-23)34(51)32-38(56-36(46-32)19-9-10-43-30(15-19)54-3)49(25)17-29(50)45-24-16-22(39(40,41)42)20-13-21(24)14-20/h5,8-10,15,18,20-22,24,26-27H,4,6-7,11-14,16-17H2,1-3H3,(H,45,50). The van der Waals surface area contributed by atoms with Crippen LogP contribution in [0.4, 0.5) is 18.9 Å². The number of thiazole rings is 1. The van der Waals surface area contributed by atoms with Gasteiger partial charge in [0.05, 0.1) is 26.2 Å². The number of halogens is 3. The molecule has 4 unspecified atom stereocenters. The molecule has 10 rings (SSSR count). The van der Waals surface area contributed by atoms with Crippen LogP contribution < -0.4 is 25.1 Å². The van der Waals surface area contributed by atoms with Gasteiger partial charge in [0.2, 0.25) is 17.2 Å². The molecule has 2 bridgehead atoms. The summed E-state index contributed by atoms with van der Waals surface area (Å²) in [6.45, 7) is 2.35. The third kappa shape index (κ3) is 5.87. The molecule has 2 amide bonds. The summed E-state index contributed by atoms with van der Waals surface area (Å²) in [4.78, 5) is 60.6. The zero-order chi connectivity index (χ0) is 39.0. The Labute approximate surface area is 322 Å². The molecule has 4 aromatic heterocycles. The summed E-state index contributed by atoms with van der Waals surface area (Å²) >= 11 is 1.26. The molecular weight excluding hydrogens is 752 g/mol. The van der Waals surface area contributed by atoms with E-state index < -0.39 is 24.0 Å². The average Bonchev–Trinajstić information content (AvgIpc) is 3.83. The number of aromatic nitrogens is 4. The Kier molecular flexibility index (Phi) is 8.97. The number of nitrogens with one attached hydrogen (secondary N) is 1. The van der Waals surface area contributed by atoms with E-state index in [1.807, 2.05) is 16.4 Å². The smallest absolute Gasteiger partial charge is 0.392 e. The Morgan fingerprint density at radius 2 is 1.84 bits per heavy atom. The number of pyridine rings is 2. The lowest BCUT2D eigenvalue weighted by Crippen LogP contribution is -2.67. The first-order valence-electron chi connectivity index (χ1n) is 18.9. The lowest BCUT2D eigenvalue weighted by Gasteiger charge is -2.54. The van der Waals surface area contributed by atoms with Gasteiger partial charge in [0.15, 0.2) is 12.0 Å². The first-order valence-corrected chi connectivity index (χ1v) is 19.7. The topological polar surface area (TPSA) is 145 Å². The van der Waals surface area contributed by atoms with Crippen molar-refractivity contribution in [2.75, 3.05) is 32.2 Å². The van der Waals surface area contributed by atoms with Crippen molar-refractivity contribution in [3.8, 4) is 22.2 Å².